The van der Waals surface area contributed by atoms with E-state index in [9.17, 15) is 4.79 Å². The molecule has 1 unspecified atom stereocenters. The third-order valence-corrected chi connectivity index (χ3v) is 1.63. The predicted molar refractivity (Wildman–Crippen MR) is 32.9 cm³/mol. The second kappa shape index (κ2) is 1.76. The summed E-state index contributed by atoms with van der Waals surface area (Å²) in [6.45, 7) is 1.77. The zero-order valence-electron chi connectivity index (χ0n) is 5.46. The molecule has 0 aliphatic carbocycles. The highest BCUT2D eigenvalue weighted by atomic mass is 16.3. The lowest BCUT2D eigenvalue weighted by atomic mass is 10.3. The van der Waals surface area contributed by atoms with E-state index >= 15 is 0 Å². The highest BCUT2D eigenvalue weighted by Crippen LogP contribution is 2.13. The predicted octanol–water partition coefficient (Wildman–Crippen LogP) is 0.289. The molecule has 3 heteroatoms. The van der Waals surface area contributed by atoms with E-state index in [1.54, 1.807) is 14.0 Å². The number of carbonyl (C=O) groups excluding carboxylic acids is 1. The van der Waals surface area contributed by atoms with Crippen molar-refractivity contribution < 1.29 is 9.90 Å². The molecule has 1 aliphatic heterocycles. The maximum absolute atomic E-state index is 10.7. The van der Waals surface area contributed by atoms with Gasteiger partial charge >= 0.3 is 0 Å². The van der Waals surface area contributed by atoms with Gasteiger partial charge in [0.05, 0.1) is 6.04 Å². The minimum absolute atomic E-state index is 0.125. The second-order valence-electron chi connectivity index (χ2n) is 2.19. The number of nitrogens with zero attached hydrogens (tertiary/aromatic N) is 1. The van der Waals surface area contributed by atoms with Crippen LogP contribution in [0.15, 0.2) is 11.8 Å². The van der Waals surface area contributed by atoms with Crippen LogP contribution >= 0.6 is 0 Å². The molecular formula is C6H9NO2. The van der Waals surface area contributed by atoms with Crippen molar-refractivity contribution in [2.45, 2.75) is 13.0 Å². The molecule has 0 saturated carbocycles. The van der Waals surface area contributed by atoms with Crippen LogP contribution in [0.4, 0.5) is 0 Å². The molecule has 50 valence electrons. The fourth-order valence-electron chi connectivity index (χ4n) is 0.738. The monoisotopic (exact) mass is 127 g/mol. The zero-order valence-corrected chi connectivity index (χ0v) is 5.46. The summed E-state index contributed by atoms with van der Waals surface area (Å²) in [6.07, 6.45) is 1.24. The maximum Gasteiger partial charge on any atom is 0.250 e. The lowest BCUT2D eigenvalue weighted by molar-refractivity contribution is -0.124. The first-order valence-electron chi connectivity index (χ1n) is 2.80. The number of hydrogen-bond acceptors (Lipinski definition) is 2. The van der Waals surface area contributed by atoms with Gasteiger partial charge in [0.2, 0.25) is 5.91 Å². The summed E-state index contributed by atoms with van der Waals surface area (Å²) in [5, 5.41) is 8.94. The normalized spacial score (nSPS) is 26.9. The highest BCUT2D eigenvalue weighted by molar-refractivity contribution is 5.91. The Morgan fingerprint density at radius 3 is 2.44 bits per heavy atom. The van der Waals surface area contributed by atoms with Crippen molar-refractivity contribution in [2.24, 2.45) is 0 Å². The number of carbonyl (C=O) groups is 1. The van der Waals surface area contributed by atoms with Crippen molar-refractivity contribution in [1.82, 2.24) is 4.90 Å². The standard InChI is InChI=1S/C6H9NO2/c1-4-5(8)3-6(9)7(4)2/h3-4,8H,1-2H3. The van der Waals surface area contributed by atoms with Crippen molar-refractivity contribution in [3.05, 3.63) is 11.8 Å². The van der Waals surface area contributed by atoms with E-state index in [0.717, 1.165) is 0 Å². The summed E-state index contributed by atoms with van der Waals surface area (Å²) in [7, 11) is 1.66. The van der Waals surface area contributed by atoms with Crippen molar-refractivity contribution >= 4 is 5.91 Å². The van der Waals surface area contributed by atoms with Crippen LogP contribution in [-0.2, 0) is 4.79 Å². The van der Waals surface area contributed by atoms with Crippen LogP contribution in [0.5, 0.6) is 0 Å². The lowest BCUT2D eigenvalue weighted by Crippen LogP contribution is -2.28. The van der Waals surface area contributed by atoms with E-state index in [4.69, 9.17) is 5.11 Å². The number of rotatable bonds is 0. The quantitative estimate of drug-likeness (QED) is 0.508. The molecule has 0 saturated heterocycles. The van der Waals surface area contributed by atoms with Crippen molar-refractivity contribution in [3.63, 3.8) is 0 Å². The van der Waals surface area contributed by atoms with Crippen LogP contribution in [0.2, 0.25) is 0 Å². The second-order valence-corrected chi connectivity index (χ2v) is 2.19. The number of likely N-dealkylation sites (N-methyl/N-ethyl adjacent to an activating group) is 1. The molecule has 0 aromatic heterocycles. The zero-order chi connectivity index (χ0) is 7.02. The first-order chi connectivity index (χ1) is 4.13. The van der Waals surface area contributed by atoms with Gasteiger partial charge in [0.15, 0.2) is 0 Å². The molecule has 9 heavy (non-hydrogen) atoms. The van der Waals surface area contributed by atoms with E-state index in [2.05, 4.69) is 0 Å². The summed E-state index contributed by atoms with van der Waals surface area (Å²) in [6, 6.07) is -0.141. The fourth-order valence-corrected chi connectivity index (χ4v) is 0.738. The Hall–Kier alpha value is -0.990. The number of hydrogen-bond donors (Lipinski definition) is 1. The van der Waals surface area contributed by atoms with Crippen molar-refractivity contribution in [2.75, 3.05) is 7.05 Å². The topological polar surface area (TPSA) is 40.5 Å². The van der Waals surface area contributed by atoms with E-state index in [1.165, 1.54) is 11.0 Å². The number of amides is 1. The van der Waals surface area contributed by atoms with Crippen LogP contribution < -0.4 is 0 Å². The Morgan fingerprint density at radius 1 is 1.78 bits per heavy atom. The highest BCUT2D eigenvalue weighted by Gasteiger charge is 2.24. The Balaban J connectivity index is 2.82. The maximum atomic E-state index is 10.7. The molecule has 1 N–H and O–H groups in total. The third kappa shape index (κ3) is 0.781. The van der Waals surface area contributed by atoms with Gasteiger partial charge in [-0.25, -0.2) is 0 Å². The summed E-state index contributed by atoms with van der Waals surface area (Å²) in [5.41, 5.74) is 0. The molecule has 1 rings (SSSR count). The van der Waals surface area contributed by atoms with Crippen LogP contribution in [0.25, 0.3) is 0 Å². The number of aliphatic hydroxyl groups excluding tert-OH is 1. The first-order valence-corrected chi connectivity index (χ1v) is 2.80. The molecule has 1 atom stereocenters. The third-order valence-electron chi connectivity index (χ3n) is 1.63. The summed E-state index contributed by atoms with van der Waals surface area (Å²) >= 11 is 0. The van der Waals surface area contributed by atoms with Crippen LogP contribution in [-0.4, -0.2) is 29.0 Å². The Morgan fingerprint density at radius 2 is 2.33 bits per heavy atom. The summed E-state index contributed by atoms with van der Waals surface area (Å²) in [4.78, 5) is 12.2. The molecule has 0 fully saturated rings. The van der Waals surface area contributed by atoms with Gasteiger partial charge in [-0.05, 0) is 6.92 Å². The summed E-state index contributed by atoms with van der Waals surface area (Å²) in [5.74, 6) is 0.0301. The molecule has 0 aromatic carbocycles. The average molecular weight is 127 g/mol. The molecule has 0 spiro atoms. The molecule has 0 aromatic rings. The van der Waals surface area contributed by atoms with E-state index in [-0.39, 0.29) is 17.7 Å². The Labute approximate surface area is 53.6 Å². The smallest absolute Gasteiger partial charge is 0.250 e. The molecular weight excluding hydrogens is 118 g/mol. The van der Waals surface area contributed by atoms with E-state index < -0.39 is 0 Å². The van der Waals surface area contributed by atoms with Gasteiger partial charge in [-0.1, -0.05) is 0 Å². The van der Waals surface area contributed by atoms with Gasteiger partial charge in [0, 0.05) is 13.1 Å². The molecule has 0 radical (unpaired) electrons. The van der Waals surface area contributed by atoms with Gasteiger partial charge in [-0.15, -0.1) is 0 Å². The van der Waals surface area contributed by atoms with Gasteiger partial charge in [0.1, 0.15) is 5.76 Å². The van der Waals surface area contributed by atoms with Crippen LogP contribution in [0, 0.1) is 0 Å². The fraction of sp³-hybridized carbons (Fsp3) is 0.500. The molecule has 1 amide bonds. The van der Waals surface area contributed by atoms with Crippen LogP contribution in [0.1, 0.15) is 6.92 Å². The van der Waals surface area contributed by atoms with Gasteiger partial charge in [-0.2, -0.15) is 0 Å². The molecule has 3 nitrogen and oxygen atoms in total. The van der Waals surface area contributed by atoms with Crippen LogP contribution in [0.3, 0.4) is 0 Å². The Bertz CT molecular complexity index is 174. The summed E-state index contributed by atoms with van der Waals surface area (Å²) < 4.78 is 0. The molecule has 1 heterocycles. The number of aliphatic hydroxyl groups is 1. The molecule has 0 bridgehead atoms. The van der Waals surface area contributed by atoms with Crippen molar-refractivity contribution in [1.29, 1.82) is 0 Å². The van der Waals surface area contributed by atoms with E-state index in [1.807, 2.05) is 0 Å². The van der Waals surface area contributed by atoms with Gasteiger partial charge in [-0.3, -0.25) is 4.79 Å². The lowest BCUT2D eigenvalue weighted by Gasteiger charge is -2.14. The van der Waals surface area contributed by atoms with Gasteiger partial charge in [0.25, 0.3) is 0 Å². The van der Waals surface area contributed by atoms with E-state index in [0.29, 0.717) is 0 Å². The minimum atomic E-state index is -0.141. The Kier molecular flexibility index (Phi) is 1.20. The largest absolute Gasteiger partial charge is 0.510 e. The SMILES string of the molecule is CC1C(O)=CC(=O)N1C. The molecule has 1 aliphatic rings. The first kappa shape index (κ1) is 6.13. The van der Waals surface area contributed by atoms with Gasteiger partial charge < -0.3 is 10.0 Å². The minimum Gasteiger partial charge on any atom is -0.510 e. The van der Waals surface area contributed by atoms with Crippen molar-refractivity contribution in [3.8, 4) is 0 Å². The average Bonchev–Trinajstić information content (AvgIpc) is 1.98.